The largest absolute Gasteiger partial charge is 0.482 e. The number of carbonyl (C=O) groups excluding carboxylic acids is 2. The van der Waals surface area contributed by atoms with Gasteiger partial charge in [0.05, 0.1) is 5.02 Å². The number of ether oxygens (including phenoxy) is 1. The maximum Gasteiger partial charge on any atom is 0.261 e. The molecule has 0 aliphatic carbocycles. The van der Waals surface area contributed by atoms with Crippen molar-refractivity contribution in [1.82, 2.24) is 10.2 Å². The molecular weight excluding hydrogens is 447 g/mol. The van der Waals surface area contributed by atoms with Gasteiger partial charge in [0.1, 0.15) is 11.8 Å². The van der Waals surface area contributed by atoms with Crippen LogP contribution in [0.3, 0.4) is 0 Å². The van der Waals surface area contributed by atoms with E-state index in [0.717, 1.165) is 12.8 Å². The molecule has 0 radical (unpaired) electrons. The van der Waals surface area contributed by atoms with Gasteiger partial charge in [-0.05, 0) is 37.6 Å². The lowest BCUT2D eigenvalue weighted by Gasteiger charge is -2.29. The fourth-order valence-electron chi connectivity index (χ4n) is 2.76. The molecule has 30 heavy (non-hydrogen) atoms. The second-order valence-corrected chi connectivity index (χ2v) is 7.98. The lowest BCUT2D eigenvalue weighted by atomic mass is 10.1. The van der Waals surface area contributed by atoms with Crippen molar-refractivity contribution in [2.75, 3.05) is 13.2 Å². The Bertz CT molecular complexity index is 856. The number of benzene rings is 2. The molecule has 1 atom stereocenters. The number of nitrogens with one attached hydrogen (secondary N) is 1. The van der Waals surface area contributed by atoms with Crippen molar-refractivity contribution in [1.29, 1.82) is 0 Å². The minimum Gasteiger partial charge on any atom is -0.482 e. The average molecular weight is 472 g/mol. The van der Waals surface area contributed by atoms with Crippen LogP contribution in [0.1, 0.15) is 32.3 Å². The summed E-state index contributed by atoms with van der Waals surface area (Å²) in [5.41, 5.74) is 0.570. The maximum atomic E-state index is 13.0. The van der Waals surface area contributed by atoms with Gasteiger partial charge < -0.3 is 15.0 Å². The highest BCUT2D eigenvalue weighted by molar-refractivity contribution is 6.36. The number of hydrogen-bond donors (Lipinski definition) is 1. The molecule has 0 aliphatic rings. The summed E-state index contributed by atoms with van der Waals surface area (Å²) in [6.07, 6.45) is 1.82. The number of halogens is 3. The number of amides is 2. The van der Waals surface area contributed by atoms with Crippen LogP contribution in [0.5, 0.6) is 5.75 Å². The van der Waals surface area contributed by atoms with Crippen LogP contribution in [0.4, 0.5) is 0 Å². The first-order chi connectivity index (χ1) is 14.3. The van der Waals surface area contributed by atoms with Gasteiger partial charge >= 0.3 is 0 Å². The van der Waals surface area contributed by atoms with E-state index in [2.05, 4.69) is 5.32 Å². The molecule has 1 N–H and O–H groups in total. The number of hydrogen-bond acceptors (Lipinski definition) is 3. The SMILES string of the molecule is CCCCNC(=O)C(C)N(Cc1c(Cl)cccc1Cl)C(=O)COc1ccccc1Cl. The summed E-state index contributed by atoms with van der Waals surface area (Å²) in [5.74, 6) is -0.245. The lowest BCUT2D eigenvalue weighted by Crippen LogP contribution is -2.49. The van der Waals surface area contributed by atoms with Gasteiger partial charge in [-0.3, -0.25) is 9.59 Å². The van der Waals surface area contributed by atoms with Gasteiger partial charge in [-0.1, -0.05) is 66.3 Å². The van der Waals surface area contributed by atoms with Crippen LogP contribution in [0.2, 0.25) is 15.1 Å². The van der Waals surface area contributed by atoms with Crippen LogP contribution in [0, 0.1) is 0 Å². The van der Waals surface area contributed by atoms with Gasteiger partial charge in [0.25, 0.3) is 5.91 Å². The van der Waals surface area contributed by atoms with E-state index in [1.165, 1.54) is 4.90 Å². The predicted molar refractivity (Wildman–Crippen MR) is 121 cm³/mol. The third-order valence-electron chi connectivity index (χ3n) is 4.57. The molecule has 2 rings (SSSR count). The second kappa shape index (κ2) is 12.0. The number of para-hydroxylation sites is 1. The Hall–Kier alpha value is -1.95. The molecule has 5 nitrogen and oxygen atoms in total. The number of carbonyl (C=O) groups is 2. The molecule has 0 bridgehead atoms. The summed E-state index contributed by atoms with van der Waals surface area (Å²) in [4.78, 5) is 27.0. The molecule has 1 unspecified atom stereocenters. The monoisotopic (exact) mass is 470 g/mol. The molecule has 0 spiro atoms. The van der Waals surface area contributed by atoms with Crippen LogP contribution in [-0.4, -0.2) is 35.9 Å². The maximum absolute atomic E-state index is 13.0. The standard InChI is InChI=1S/C22H25Cl3N2O3/c1-3-4-12-26-22(29)15(2)27(13-16-17(23)9-7-10-18(16)24)21(28)14-30-20-11-6-5-8-19(20)25/h5-11,15H,3-4,12-14H2,1-2H3,(H,26,29). The van der Waals surface area contributed by atoms with Crippen molar-refractivity contribution in [2.24, 2.45) is 0 Å². The zero-order chi connectivity index (χ0) is 22.1. The molecule has 2 aromatic rings. The summed E-state index contributed by atoms with van der Waals surface area (Å²) < 4.78 is 5.59. The van der Waals surface area contributed by atoms with E-state index in [4.69, 9.17) is 39.5 Å². The lowest BCUT2D eigenvalue weighted by molar-refractivity contribution is -0.142. The van der Waals surface area contributed by atoms with Crippen molar-refractivity contribution in [3.8, 4) is 5.75 Å². The minimum atomic E-state index is -0.739. The topological polar surface area (TPSA) is 58.6 Å². The molecule has 0 fully saturated rings. The van der Waals surface area contributed by atoms with Crippen molar-refractivity contribution in [3.05, 3.63) is 63.1 Å². The van der Waals surface area contributed by atoms with E-state index in [1.807, 2.05) is 6.92 Å². The Labute approximate surface area is 192 Å². The molecule has 0 aromatic heterocycles. The fourth-order valence-corrected chi connectivity index (χ4v) is 3.46. The van der Waals surface area contributed by atoms with Crippen LogP contribution in [0.25, 0.3) is 0 Å². The molecule has 2 aromatic carbocycles. The Morgan fingerprint density at radius 1 is 1.03 bits per heavy atom. The molecular formula is C22H25Cl3N2O3. The summed E-state index contributed by atoms with van der Waals surface area (Å²) >= 11 is 18.7. The second-order valence-electron chi connectivity index (χ2n) is 6.76. The Balaban J connectivity index is 2.19. The average Bonchev–Trinajstić information content (AvgIpc) is 2.72. The first kappa shape index (κ1) is 24.3. The zero-order valence-electron chi connectivity index (χ0n) is 17.0. The van der Waals surface area contributed by atoms with E-state index < -0.39 is 6.04 Å². The number of rotatable bonds is 10. The summed E-state index contributed by atoms with van der Waals surface area (Å²) in [5, 5.41) is 4.10. The molecule has 8 heteroatoms. The van der Waals surface area contributed by atoms with E-state index in [9.17, 15) is 9.59 Å². The third kappa shape index (κ3) is 6.79. The Morgan fingerprint density at radius 2 is 1.67 bits per heavy atom. The molecule has 0 saturated carbocycles. The van der Waals surface area contributed by atoms with Crippen molar-refractivity contribution >= 4 is 46.6 Å². The third-order valence-corrected chi connectivity index (χ3v) is 5.60. The van der Waals surface area contributed by atoms with Gasteiger partial charge in [0.2, 0.25) is 5.91 Å². The van der Waals surface area contributed by atoms with Gasteiger partial charge in [-0.25, -0.2) is 0 Å². The molecule has 2 amide bonds. The fraction of sp³-hybridized carbons (Fsp3) is 0.364. The van der Waals surface area contributed by atoms with E-state index in [1.54, 1.807) is 49.4 Å². The minimum absolute atomic E-state index is 0.0750. The highest BCUT2D eigenvalue weighted by Gasteiger charge is 2.27. The van der Waals surface area contributed by atoms with Crippen LogP contribution < -0.4 is 10.1 Å². The highest BCUT2D eigenvalue weighted by atomic mass is 35.5. The number of nitrogens with zero attached hydrogens (tertiary/aromatic N) is 1. The molecule has 0 heterocycles. The normalized spacial score (nSPS) is 11.6. The Morgan fingerprint density at radius 3 is 2.30 bits per heavy atom. The zero-order valence-corrected chi connectivity index (χ0v) is 19.2. The van der Waals surface area contributed by atoms with Crippen molar-refractivity contribution < 1.29 is 14.3 Å². The van der Waals surface area contributed by atoms with Gasteiger partial charge in [-0.2, -0.15) is 0 Å². The first-order valence-corrected chi connectivity index (χ1v) is 10.9. The predicted octanol–water partition coefficient (Wildman–Crippen LogP) is 5.36. The summed E-state index contributed by atoms with van der Waals surface area (Å²) in [6.45, 7) is 4.05. The van der Waals surface area contributed by atoms with Crippen molar-refractivity contribution in [2.45, 2.75) is 39.3 Å². The Kier molecular flexibility index (Phi) is 9.76. The van der Waals surface area contributed by atoms with E-state index in [0.29, 0.717) is 32.9 Å². The van der Waals surface area contributed by atoms with E-state index >= 15 is 0 Å². The molecule has 0 aliphatic heterocycles. The quantitative estimate of drug-likeness (QED) is 0.475. The van der Waals surface area contributed by atoms with E-state index in [-0.39, 0.29) is 25.0 Å². The molecule has 162 valence electrons. The van der Waals surface area contributed by atoms with Gasteiger partial charge in [0, 0.05) is 28.7 Å². The number of unbranched alkanes of at least 4 members (excludes halogenated alkanes) is 1. The smallest absolute Gasteiger partial charge is 0.261 e. The first-order valence-electron chi connectivity index (χ1n) is 9.72. The van der Waals surface area contributed by atoms with Crippen LogP contribution in [-0.2, 0) is 16.1 Å². The highest BCUT2D eigenvalue weighted by Crippen LogP contribution is 2.27. The summed E-state index contributed by atoms with van der Waals surface area (Å²) in [6, 6.07) is 11.2. The van der Waals surface area contributed by atoms with Gasteiger partial charge in [-0.15, -0.1) is 0 Å². The summed E-state index contributed by atoms with van der Waals surface area (Å²) in [7, 11) is 0. The van der Waals surface area contributed by atoms with Crippen LogP contribution in [0.15, 0.2) is 42.5 Å². The van der Waals surface area contributed by atoms with Crippen molar-refractivity contribution in [3.63, 3.8) is 0 Å². The van der Waals surface area contributed by atoms with Gasteiger partial charge in [0.15, 0.2) is 6.61 Å². The molecule has 0 saturated heterocycles. The van der Waals surface area contributed by atoms with Crippen LogP contribution >= 0.6 is 34.8 Å².